The summed E-state index contributed by atoms with van der Waals surface area (Å²) in [6, 6.07) is 3.71. The molecule has 5 heteroatoms. The maximum atomic E-state index is 13.4. The smallest absolute Gasteiger partial charge is 0.328 e. The molecule has 1 aliphatic heterocycles. The lowest BCUT2D eigenvalue weighted by molar-refractivity contribution is -0.115. The highest BCUT2D eigenvalue weighted by atomic mass is 19.1. The van der Waals surface area contributed by atoms with Crippen LogP contribution in [0, 0.1) is 12.7 Å². The Morgan fingerprint density at radius 2 is 2.13 bits per heavy atom. The van der Waals surface area contributed by atoms with Crippen molar-refractivity contribution in [2.45, 2.75) is 6.92 Å². The molecule has 4 nitrogen and oxygen atoms in total. The van der Waals surface area contributed by atoms with Crippen molar-refractivity contribution < 1.29 is 14.0 Å². The zero-order chi connectivity index (χ0) is 11.0. The lowest BCUT2D eigenvalue weighted by Gasteiger charge is -2.13. The van der Waals surface area contributed by atoms with Crippen molar-refractivity contribution in [1.82, 2.24) is 5.32 Å². The lowest BCUT2D eigenvalue weighted by Crippen LogP contribution is -2.31. The predicted molar refractivity (Wildman–Crippen MR) is 52.0 cm³/mol. The minimum absolute atomic E-state index is 0.00926. The molecule has 0 saturated carbocycles. The fourth-order valence-corrected chi connectivity index (χ4v) is 1.46. The molecule has 1 aromatic rings. The Morgan fingerprint density at radius 3 is 2.73 bits per heavy atom. The summed E-state index contributed by atoms with van der Waals surface area (Å²) in [6.45, 7) is 1.69. The highest BCUT2D eigenvalue weighted by molar-refractivity contribution is 6.19. The van der Waals surface area contributed by atoms with Gasteiger partial charge in [-0.15, -0.1) is 0 Å². The number of urea groups is 1. The van der Waals surface area contributed by atoms with E-state index < -0.39 is 17.8 Å². The number of hydrogen-bond acceptors (Lipinski definition) is 2. The van der Waals surface area contributed by atoms with Crippen LogP contribution in [-0.4, -0.2) is 18.5 Å². The Morgan fingerprint density at radius 1 is 1.40 bits per heavy atom. The standard InChI is InChI=1S/C10H9FN2O2/c1-6-2-3-7(11)8(4-6)13-9(14)5-12-10(13)15/h2-4H,5H2,1H3,(H,12,15). The SMILES string of the molecule is Cc1ccc(F)c(N2C(=O)CNC2=O)c1. The summed E-state index contributed by atoms with van der Waals surface area (Å²) in [5, 5.41) is 2.34. The summed E-state index contributed by atoms with van der Waals surface area (Å²) >= 11 is 0. The van der Waals surface area contributed by atoms with E-state index in [1.54, 1.807) is 13.0 Å². The molecule has 1 aromatic carbocycles. The Hall–Kier alpha value is -1.91. The van der Waals surface area contributed by atoms with Crippen LogP contribution in [0.4, 0.5) is 14.9 Å². The average Bonchev–Trinajstić information content (AvgIpc) is 2.51. The molecule has 78 valence electrons. The van der Waals surface area contributed by atoms with Crippen molar-refractivity contribution in [3.8, 4) is 0 Å². The van der Waals surface area contributed by atoms with Gasteiger partial charge >= 0.3 is 6.03 Å². The lowest BCUT2D eigenvalue weighted by atomic mass is 10.2. The van der Waals surface area contributed by atoms with E-state index in [0.717, 1.165) is 10.5 Å². The van der Waals surface area contributed by atoms with Crippen LogP contribution < -0.4 is 10.2 Å². The predicted octanol–water partition coefficient (Wildman–Crippen LogP) is 1.19. The van der Waals surface area contributed by atoms with Gasteiger partial charge in [0.1, 0.15) is 5.82 Å². The van der Waals surface area contributed by atoms with E-state index in [1.807, 2.05) is 0 Å². The molecule has 1 N–H and O–H groups in total. The van der Waals surface area contributed by atoms with Gasteiger partial charge in [-0.05, 0) is 24.6 Å². The third-order valence-electron chi connectivity index (χ3n) is 2.19. The molecule has 0 atom stereocenters. The molecule has 1 fully saturated rings. The van der Waals surface area contributed by atoms with Crippen molar-refractivity contribution in [2.24, 2.45) is 0 Å². The Balaban J connectivity index is 2.48. The fraction of sp³-hybridized carbons (Fsp3) is 0.200. The van der Waals surface area contributed by atoms with Gasteiger partial charge in [0, 0.05) is 0 Å². The number of nitrogens with one attached hydrogen (secondary N) is 1. The maximum absolute atomic E-state index is 13.4. The number of carbonyl (C=O) groups is 2. The number of nitrogens with zero attached hydrogens (tertiary/aromatic N) is 1. The number of benzene rings is 1. The Labute approximate surface area is 85.7 Å². The third kappa shape index (κ3) is 1.56. The molecule has 0 aromatic heterocycles. The van der Waals surface area contributed by atoms with E-state index in [1.165, 1.54) is 12.1 Å². The molecule has 1 aliphatic rings. The minimum Gasteiger partial charge on any atom is -0.328 e. The van der Waals surface area contributed by atoms with Crippen molar-refractivity contribution in [3.05, 3.63) is 29.6 Å². The molecular formula is C10H9FN2O2. The molecule has 0 aliphatic carbocycles. The van der Waals surface area contributed by atoms with E-state index in [2.05, 4.69) is 5.32 Å². The van der Waals surface area contributed by atoms with Crippen molar-refractivity contribution in [3.63, 3.8) is 0 Å². The van der Waals surface area contributed by atoms with Crippen molar-refractivity contribution >= 4 is 17.6 Å². The zero-order valence-electron chi connectivity index (χ0n) is 8.08. The van der Waals surface area contributed by atoms with Gasteiger partial charge in [-0.3, -0.25) is 4.79 Å². The van der Waals surface area contributed by atoms with Gasteiger partial charge in [-0.1, -0.05) is 6.07 Å². The summed E-state index contributed by atoms with van der Waals surface area (Å²) in [4.78, 5) is 23.4. The monoisotopic (exact) mass is 208 g/mol. The first-order valence-electron chi connectivity index (χ1n) is 4.46. The number of anilines is 1. The molecule has 0 unspecified atom stereocenters. The molecule has 3 amide bonds. The molecule has 15 heavy (non-hydrogen) atoms. The number of rotatable bonds is 1. The van der Waals surface area contributed by atoms with Gasteiger partial charge < -0.3 is 5.32 Å². The molecule has 2 rings (SSSR count). The first-order valence-corrected chi connectivity index (χ1v) is 4.46. The Kier molecular flexibility index (Phi) is 2.15. The second kappa shape index (κ2) is 3.34. The molecule has 1 heterocycles. The van der Waals surface area contributed by atoms with Crippen LogP contribution in [0.3, 0.4) is 0 Å². The van der Waals surface area contributed by atoms with E-state index in [4.69, 9.17) is 0 Å². The maximum Gasteiger partial charge on any atom is 0.329 e. The number of amides is 3. The summed E-state index contributed by atoms with van der Waals surface area (Å²) in [6.07, 6.45) is 0. The van der Waals surface area contributed by atoms with Crippen LogP contribution in [0.25, 0.3) is 0 Å². The van der Waals surface area contributed by atoms with E-state index in [9.17, 15) is 14.0 Å². The number of aryl methyl sites for hydroxylation is 1. The van der Waals surface area contributed by atoms with Crippen LogP contribution in [0.2, 0.25) is 0 Å². The Bertz CT molecular complexity index is 429. The van der Waals surface area contributed by atoms with E-state index >= 15 is 0 Å². The van der Waals surface area contributed by atoms with E-state index in [0.29, 0.717) is 0 Å². The van der Waals surface area contributed by atoms with Gasteiger partial charge in [0.15, 0.2) is 0 Å². The average molecular weight is 208 g/mol. The van der Waals surface area contributed by atoms with Crippen LogP contribution in [0.1, 0.15) is 5.56 Å². The quantitative estimate of drug-likeness (QED) is 0.705. The number of carbonyl (C=O) groups excluding carboxylic acids is 2. The summed E-state index contributed by atoms with van der Waals surface area (Å²) in [5.74, 6) is -1.02. The topological polar surface area (TPSA) is 49.4 Å². The van der Waals surface area contributed by atoms with Gasteiger partial charge in [-0.2, -0.15) is 0 Å². The molecule has 1 saturated heterocycles. The van der Waals surface area contributed by atoms with Crippen LogP contribution in [0.15, 0.2) is 18.2 Å². The molecular weight excluding hydrogens is 199 g/mol. The number of imide groups is 1. The van der Waals surface area contributed by atoms with Gasteiger partial charge in [-0.25, -0.2) is 14.1 Å². The van der Waals surface area contributed by atoms with Gasteiger partial charge in [0.05, 0.1) is 12.2 Å². The highest BCUT2D eigenvalue weighted by Gasteiger charge is 2.31. The minimum atomic E-state index is -0.579. The highest BCUT2D eigenvalue weighted by Crippen LogP contribution is 2.22. The molecule has 0 spiro atoms. The first-order chi connectivity index (χ1) is 7.09. The fourth-order valence-electron chi connectivity index (χ4n) is 1.46. The van der Waals surface area contributed by atoms with Crippen LogP contribution in [0.5, 0.6) is 0 Å². The zero-order valence-corrected chi connectivity index (χ0v) is 8.08. The van der Waals surface area contributed by atoms with Crippen LogP contribution in [-0.2, 0) is 4.79 Å². The normalized spacial score (nSPS) is 15.7. The second-order valence-electron chi connectivity index (χ2n) is 3.34. The molecule has 0 radical (unpaired) electrons. The van der Waals surface area contributed by atoms with Crippen molar-refractivity contribution in [1.29, 1.82) is 0 Å². The summed E-state index contributed by atoms with van der Waals surface area (Å²) in [7, 11) is 0. The molecule has 0 bridgehead atoms. The van der Waals surface area contributed by atoms with Crippen LogP contribution >= 0.6 is 0 Å². The first kappa shape index (κ1) is 9.64. The summed E-state index contributed by atoms with van der Waals surface area (Å²) < 4.78 is 13.4. The van der Waals surface area contributed by atoms with Gasteiger partial charge in [0.2, 0.25) is 0 Å². The third-order valence-corrected chi connectivity index (χ3v) is 2.19. The van der Waals surface area contributed by atoms with Gasteiger partial charge in [0.25, 0.3) is 5.91 Å². The summed E-state index contributed by atoms with van der Waals surface area (Å²) in [5.41, 5.74) is 0.800. The second-order valence-corrected chi connectivity index (χ2v) is 3.34. The van der Waals surface area contributed by atoms with E-state index in [-0.39, 0.29) is 12.2 Å². The van der Waals surface area contributed by atoms with Crippen molar-refractivity contribution in [2.75, 3.05) is 11.4 Å². The largest absolute Gasteiger partial charge is 0.329 e. The number of hydrogen-bond donors (Lipinski definition) is 1. The number of halogens is 1.